The summed E-state index contributed by atoms with van der Waals surface area (Å²) >= 11 is 0. The Hall–Kier alpha value is -3.28. The van der Waals surface area contributed by atoms with Crippen LogP contribution in [0.4, 0.5) is 0 Å². The predicted molar refractivity (Wildman–Crippen MR) is 135 cm³/mol. The van der Waals surface area contributed by atoms with Crippen molar-refractivity contribution in [3.63, 3.8) is 0 Å². The molecule has 2 atom stereocenters. The molecule has 1 amide bonds. The molecule has 2 aromatic carbocycles. The largest absolute Gasteiger partial charge is 0.496 e. The molecule has 0 bridgehead atoms. The molecule has 6 heteroatoms. The van der Waals surface area contributed by atoms with Crippen LogP contribution in [0, 0.1) is 5.92 Å². The molecule has 3 aromatic rings. The highest BCUT2D eigenvalue weighted by atomic mass is 16.5. The molecule has 182 valence electrons. The summed E-state index contributed by atoms with van der Waals surface area (Å²) in [7, 11) is 3.00. The fourth-order valence-corrected chi connectivity index (χ4v) is 4.41. The number of benzene rings is 2. The van der Waals surface area contributed by atoms with Gasteiger partial charge in [-0.25, -0.2) is 4.79 Å². The Balaban J connectivity index is 1.97. The van der Waals surface area contributed by atoms with Crippen molar-refractivity contribution in [3.05, 3.63) is 65.4 Å². The lowest BCUT2D eigenvalue weighted by Gasteiger charge is -2.23. The third-order valence-corrected chi connectivity index (χ3v) is 6.24. The molecule has 0 aliphatic carbocycles. The standard InChI is InChI=1S/C28H36N2O4/c1-6-8-24(23-12-11-22(28(32)34-5)18-26(23)33-4)30-15-13-21-10-9-20(17-25(21)30)16-19(3)27(31)29-14-7-2/h9-13,15,17-19,24H,6-8,14,16H2,1-5H3,(H,29,31). The molecule has 6 nitrogen and oxygen atoms in total. The first-order valence-electron chi connectivity index (χ1n) is 12.1. The van der Waals surface area contributed by atoms with E-state index >= 15 is 0 Å². The SMILES string of the molecule is CCCNC(=O)C(C)Cc1ccc2ccn(C(CCC)c3ccc(C(=O)OC)cc3OC)c2c1. The molecule has 0 saturated heterocycles. The zero-order valence-corrected chi connectivity index (χ0v) is 20.9. The van der Waals surface area contributed by atoms with E-state index in [1.54, 1.807) is 19.2 Å². The lowest BCUT2D eigenvalue weighted by atomic mass is 9.97. The van der Waals surface area contributed by atoms with Gasteiger partial charge in [0.1, 0.15) is 5.75 Å². The predicted octanol–water partition coefficient (Wildman–Crippen LogP) is 5.53. The average Bonchev–Trinajstić information content (AvgIpc) is 3.27. The fourth-order valence-electron chi connectivity index (χ4n) is 4.41. The topological polar surface area (TPSA) is 69.6 Å². The minimum absolute atomic E-state index is 0.0460. The summed E-state index contributed by atoms with van der Waals surface area (Å²) in [6.45, 7) is 6.90. The van der Waals surface area contributed by atoms with Crippen LogP contribution in [0.25, 0.3) is 10.9 Å². The summed E-state index contributed by atoms with van der Waals surface area (Å²) in [5, 5.41) is 4.14. The summed E-state index contributed by atoms with van der Waals surface area (Å²) < 4.78 is 12.8. The number of carbonyl (C=O) groups is 2. The number of nitrogens with zero attached hydrogens (tertiary/aromatic N) is 1. The van der Waals surface area contributed by atoms with Gasteiger partial charge in [0.05, 0.1) is 25.8 Å². The highest BCUT2D eigenvalue weighted by Crippen LogP contribution is 2.35. The number of amides is 1. The van der Waals surface area contributed by atoms with Crippen LogP contribution in [0.1, 0.15) is 67.6 Å². The molecule has 2 unspecified atom stereocenters. The van der Waals surface area contributed by atoms with Gasteiger partial charge in [0.15, 0.2) is 0 Å². The summed E-state index contributed by atoms with van der Waals surface area (Å²) in [6.07, 6.45) is 5.63. The number of aromatic nitrogens is 1. The fraction of sp³-hybridized carbons (Fsp3) is 0.429. The highest BCUT2D eigenvalue weighted by Gasteiger charge is 2.21. The average molecular weight is 465 g/mol. The summed E-state index contributed by atoms with van der Waals surface area (Å²) in [5.74, 6) is 0.284. The first kappa shape index (κ1) is 25.3. The Kier molecular flexibility index (Phi) is 8.74. The van der Waals surface area contributed by atoms with Crippen LogP contribution in [0.5, 0.6) is 5.75 Å². The van der Waals surface area contributed by atoms with E-state index in [4.69, 9.17) is 9.47 Å². The van der Waals surface area contributed by atoms with Crippen molar-refractivity contribution < 1.29 is 19.1 Å². The van der Waals surface area contributed by atoms with Gasteiger partial charge in [0.2, 0.25) is 5.91 Å². The normalized spacial score (nSPS) is 12.9. The summed E-state index contributed by atoms with van der Waals surface area (Å²) in [4.78, 5) is 24.4. The molecule has 0 aliphatic heterocycles. The van der Waals surface area contributed by atoms with E-state index < -0.39 is 0 Å². The first-order valence-corrected chi connectivity index (χ1v) is 12.1. The van der Waals surface area contributed by atoms with E-state index in [1.165, 1.54) is 7.11 Å². The Bertz CT molecular complexity index is 1130. The van der Waals surface area contributed by atoms with Crippen molar-refractivity contribution in [2.75, 3.05) is 20.8 Å². The van der Waals surface area contributed by atoms with E-state index in [-0.39, 0.29) is 23.8 Å². The van der Waals surface area contributed by atoms with Crippen molar-refractivity contribution in [3.8, 4) is 5.75 Å². The Morgan fingerprint density at radius 2 is 1.82 bits per heavy atom. The molecule has 0 fully saturated rings. The van der Waals surface area contributed by atoms with Crippen LogP contribution in [0.3, 0.4) is 0 Å². The maximum atomic E-state index is 12.4. The van der Waals surface area contributed by atoms with Crippen molar-refractivity contribution in [2.45, 2.75) is 52.5 Å². The van der Waals surface area contributed by atoms with Crippen LogP contribution in [-0.2, 0) is 16.0 Å². The quantitative estimate of drug-likeness (QED) is 0.379. The maximum absolute atomic E-state index is 12.4. The lowest BCUT2D eigenvalue weighted by Crippen LogP contribution is -2.30. The van der Waals surface area contributed by atoms with Crippen LogP contribution < -0.4 is 10.1 Å². The van der Waals surface area contributed by atoms with E-state index in [2.05, 4.69) is 54.2 Å². The highest BCUT2D eigenvalue weighted by molar-refractivity contribution is 5.90. The van der Waals surface area contributed by atoms with E-state index in [9.17, 15) is 9.59 Å². The van der Waals surface area contributed by atoms with E-state index in [0.717, 1.165) is 41.3 Å². The second-order valence-corrected chi connectivity index (χ2v) is 8.77. The van der Waals surface area contributed by atoms with Crippen molar-refractivity contribution >= 4 is 22.8 Å². The Morgan fingerprint density at radius 1 is 1.03 bits per heavy atom. The minimum Gasteiger partial charge on any atom is -0.496 e. The number of ether oxygens (including phenoxy) is 2. The number of carbonyl (C=O) groups excluding carboxylic acids is 2. The van der Waals surface area contributed by atoms with E-state index in [1.807, 2.05) is 13.0 Å². The molecule has 0 spiro atoms. The molecule has 1 N–H and O–H groups in total. The smallest absolute Gasteiger partial charge is 0.337 e. The number of methoxy groups -OCH3 is 2. The second-order valence-electron chi connectivity index (χ2n) is 8.77. The van der Waals surface area contributed by atoms with Gasteiger partial charge in [-0.2, -0.15) is 0 Å². The number of hydrogen-bond donors (Lipinski definition) is 1. The number of esters is 1. The minimum atomic E-state index is -0.384. The van der Waals surface area contributed by atoms with Gasteiger partial charge in [0.25, 0.3) is 0 Å². The first-order chi connectivity index (χ1) is 16.4. The number of nitrogens with one attached hydrogen (secondary N) is 1. The molecule has 34 heavy (non-hydrogen) atoms. The zero-order chi connectivity index (χ0) is 24.7. The molecular weight excluding hydrogens is 428 g/mol. The van der Waals surface area contributed by atoms with Gasteiger partial charge in [-0.15, -0.1) is 0 Å². The zero-order valence-electron chi connectivity index (χ0n) is 20.9. The molecule has 0 saturated carbocycles. The molecule has 1 heterocycles. The number of fused-ring (bicyclic) bond motifs is 1. The molecule has 0 radical (unpaired) electrons. The number of rotatable bonds is 11. The molecular formula is C28H36N2O4. The van der Waals surface area contributed by atoms with Gasteiger partial charge in [0, 0.05) is 29.7 Å². The van der Waals surface area contributed by atoms with Crippen LogP contribution >= 0.6 is 0 Å². The van der Waals surface area contributed by atoms with Gasteiger partial charge in [-0.05, 0) is 54.5 Å². The lowest BCUT2D eigenvalue weighted by molar-refractivity contribution is -0.124. The summed E-state index contributed by atoms with van der Waals surface area (Å²) in [5.41, 5.74) is 3.74. The van der Waals surface area contributed by atoms with E-state index in [0.29, 0.717) is 24.3 Å². The molecule has 0 aliphatic rings. The van der Waals surface area contributed by atoms with Gasteiger partial charge < -0.3 is 19.4 Å². The molecule has 1 aromatic heterocycles. The Labute approximate surface area is 202 Å². The Morgan fingerprint density at radius 3 is 2.50 bits per heavy atom. The van der Waals surface area contributed by atoms with Gasteiger partial charge >= 0.3 is 5.97 Å². The van der Waals surface area contributed by atoms with Crippen molar-refractivity contribution in [2.24, 2.45) is 5.92 Å². The van der Waals surface area contributed by atoms with Crippen LogP contribution in [0.15, 0.2) is 48.7 Å². The molecule has 3 rings (SSSR count). The van der Waals surface area contributed by atoms with Crippen LogP contribution in [-0.4, -0.2) is 37.2 Å². The third-order valence-electron chi connectivity index (χ3n) is 6.24. The van der Waals surface area contributed by atoms with Crippen LogP contribution in [0.2, 0.25) is 0 Å². The van der Waals surface area contributed by atoms with Crippen molar-refractivity contribution in [1.29, 1.82) is 0 Å². The number of hydrogen-bond acceptors (Lipinski definition) is 4. The monoisotopic (exact) mass is 464 g/mol. The van der Waals surface area contributed by atoms with Crippen molar-refractivity contribution in [1.82, 2.24) is 9.88 Å². The second kappa shape index (κ2) is 11.7. The summed E-state index contributed by atoms with van der Waals surface area (Å²) in [6, 6.07) is 14.1. The van der Waals surface area contributed by atoms with Gasteiger partial charge in [-0.3, -0.25) is 4.79 Å². The maximum Gasteiger partial charge on any atom is 0.337 e. The van der Waals surface area contributed by atoms with Gasteiger partial charge in [-0.1, -0.05) is 45.4 Å². The third kappa shape index (κ3) is 5.61.